The van der Waals surface area contributed by atoms with Gasteiger partial charge >= 0.3 is 0 Å². The Labute approximate surface area is 102 Å². The first-order valence-electron chi connectivity index (χ1n) is 5.41. The zero-order chi connectivity index (χ0) is 11.8. The minimum absolute atomic E-state index is 0.0702. The minimum atomic E-state index is 0.0702. The predicted octanol–water partition coefficient (Wildman–Crippen LogP) is 0.362. The van der Waals surface area contributed by atoms with Gasteiger partial charge < -0.3 is 10.0 Å². The average molecular weight is 255 g/mol. The number of nitrogens with zero attached hydrogens (tertiary/aromatic N) is 5. The molecule has 8 heteroatoms. The average Bonchev–Trinajstić information content (AvgIpc) is 2.95. The van der Waals surface area contributed by atoms with Crippen molar-refractivity contribution < 1.29 is 5.11 Å². The summed E-state index contributed by atoms with van der Waals surface area (Å²) < 4.78 is 0. The van der Waals surface area contributed by atoms with E-state index in [1.54, 1.807) is 0 Å². The van der Waals surface area contributed by atoms with Crippen LogP contribution in [0.5, 0.6) is 0 Å². The number of rotatable bonds is 2. The molecule has 0 bridgehead atoms. The Morgan fingerprint density at radius 3 is 3.12 bits per heavy atom. The number of halogens is 1. The normalized spacial score (nSPS) is 20.4. The summed E-state index contributed by atoms with van der Waals surface area (Å²) in [4.78, 5) is 10.2. The van der Waals surface area contributed by atoms with Crippen LogP contribution in [0, 0.1) is 0 Å². The minimum Gasteiger partial charge on any atom is -0.394 e. The quantitative estimate of drug-likeness (QED) is 0.752. The third-order valence-corrected chi connectivity index (χ3v) is 3.17. The summed E-state index contributed by atoms with van der Waals surface area (Å²) in [5.74, 6) is 0.644. The summed E-state index contributed by atoms with van der Waals surface area (Å²) >= 11 is 5.86. The van der Waals surface area contributed by atoms with Crippen molar-refractivity contribution in [3.05, 3.63) is 5.28 Å². The van der Waals surface area contributed by atoms with Crippen LogP contribution in [0.25, 0.3) is 11.2 Å². The van der Waals surface area contributed by atoms with E-state index in [0.29, 0.717) is 17.0 Å². The lowest BCUT2D eigenvalue weighted by atomic mass is 10.2. The van der Waals surface area contributed by atoms with Crippen LogP contribution in [0.2, 0.25) is 5.28 Å². The summed E-state index contributed by atoms with van der Waals surface area (Å²) in [7, 11) is 0. The summed E-state index contributed by atoms with van der Waals surface area (Å²) in [5, 5.41) is 19.9. The van der Waals surface area contributed by atoms with Crippen LogP contribution >= 0.6 is 11.6 Å². The van der Waals surface area contributed by atoms with Crippen LogP contribution < -0.4 is 4.90 Å². The first kappa shape index (κ1) is 10.7. The zero-order valence-corrected chi connectivity index (χ0v) is 9.72. The maximum absolute atomic E-state index is 9.33. The first-order chi connectivity index (χ1) is 8.29. The van der Waals surface area contributed by atoms with E-state index in [1.165, 1.54) is 0 Å². The smallest absolute Gasteiger partial charge is 0.226 e. The molecule has 3 heterocycles. The first-order valence-corrected chi connectivity index (χ1v) is 5.79. The number of hydrogen-bond acceptors (Lipinski definition) is 6. The van der Waals surface area contributed by atoms with Gasteiger partial charge in [-0.1, -0.05) is 0 Å². The molecule has 0 unspecified atom stereocenters. The molecule has 1 atom stereocenters. The van der Waals surface area contributed by atoms with Gasteiger partial charge in [-0.15, -0.1) is 5.10 Å². The fraction of sp³-hybridized carbons (Fsp3) is 0.556. The highest BCUT2D eigenvalue weighted by atomic mass is 35.5. The Kier molecular flexibility index (Phi) is 2.56. The van der Waals surface area contributed by atoms with Crippen molar-refractivity contribution in [2.24, 2.45) is 0 Å². The number of H-pyrrole nitrogens is 1. The van der Waals surface area contributed by atoms with Crippen LogP contribution in [-0.2, 0) is 0 Å². The van der Waals surface area contributed by atoms with Crippen molar-refractivity contribution in [3.63, 3.8) is 0 Å². The fourth-order valence-corrected chi connectivity index (χ4v) is 2.37. The van der Waals surface area contributed by atoms with Gasteiger partial charge in [0.1, 0.15) is 0 Å². The maximum Gasteiger partial charge on any atom is 0.226 e. The second-order valence-electron chi connectivity index (χ2n) is 3.98. The summed E-state index contributed by atoms with van der Waals surface area (Å²) in [6.45, 7) is 0.932. The Hall–Kier alpha value is -1.47. The van der Waals surface area contributed by atoms with E-state index in [4.69, 9.17) is 11.6 Å². The molecular formula is C9H11ClN6O. The van der Waals surface area contributed by atoms with Gasteiger partial charge in [-0.05, 0) is 24.4 Å². The molecule has 2 aromatic heterocycles. The van der Waals surface area contributed by atoms with Crippen LogP contribution in [0.1, 0.15) is 12.8 Å². The van der Waals surface area contributed by atoms with Gasteiger partial charge in [-0.25, -0.2) is 0 Å². The lowest BCUT2D eigenvalue weighted by molar-refractivity contribution is 0.266. The SMILES string of the molecule is OC[C@H]1CCCN1c1nc(Cl)nc2n[nH]nc12. The molecule has 7 nitrogen and oxygen atoms in total. The molecule has 0 radical (unpaired) electrons. The van der Waals surface area contributed by atoms with Crippen molar-refractivity contribution in [2.45, 2.75) is 18.9 Å². The number of nitrogens with one attached hydrogen (secondary N) is 1. The van der Waals surface area contributed by atoms with E-state index >= 15 is 0 Å². The number of aromatic amines is 1. The highest BCUT2D eigenvalue weighted by Gasteiger charge is 2.28. The lowest BCUT2D eigenvalue weighted by Gasteiger charge is -2.23. The van der Waals surface area contributed by atoms with Gasteiger partial charge in [0.15, 0.2) is 11.3 Å². The number of fused-ring (bicyclic) bond motifs is 1. The van der Waals surface area contributed by atoms with Crippen molar-refractivity contribution in [1.29, 1.82) is 0 Å². The molecule has 1 aliphatic heterocycles. The molecule has 0 aliphatic carbocycles. The van der Waals surface area contributed by atoms with Crippen molar-refractivity contribution in [3.8, 4) is 0 Å². The van der Waals surface area contributed by atoms with Gasteiger partial charge in [0.25, 0.3) is 0 Å². The van der Waals surface area contributed by atoms with Gasteiger partial charge in [0.05, 0.1) is 12.6 Å². The van der Waals surface area contributed by atoms with Gasteiger partial charge in [-0.2, -0.15) is 20.3 Å². The Bertz CT molecular complexity index is 543. The second kappa shape index (κ2) is 4.08. The molecule has 1 saturated heterocycles. The number of aromatic nitrogens is 5. The zero-order valence-electron chi connectivity index (χ0n) is 8.97. The molecule has 0 spiro atoms. The molecule has 17 heavy (non-hydrogen) atoms. The molecule has 0 aromatic carbocycles. The summed E-state index contributed by atoms with van der Waals surface area (Å²) in [5.41, 5.74) is 1.04. The van der Waals surface area contributed by atoms with Crippen molar-refractivity contribution in [1.82, 2.24) is 25.4 Å². The standard InChI is InChI=1S/C9H11ClN6O/c10-9-11-7-6(13-15-14-7)8(12-9)16-3-1-2-5(16)4-17/h5,17H,1-4H2,(H,11,12,13,14,15)/t5-/m1/s1. The second-order valence-corrected chi connectivity index (χ2v) is 4.32. The van der Waals surface area contributed by atoms with E-state index in [9.17, 15) is 5.11 Å². The van der Waals surface area contributed by atoms with E-state index in [-0.39, 0.29) is 17.9 Å². The van der Waals surface area contributed by atoms with Crippen LogP contribution in [0.4, 0.5) is 5.82 Å². The van der Waals surface area contributed by atoms with Crippen LogP contribution in [0.3, 0.4) is 0 Å². The third kappa shape index (κ3) is 1.71. The van der Waals surface area contributed by atoms with Crippen LogP contribution in [0.15, 0.2) is 0 Å². The Morgan fingerprint density at radius 2 is 2.29 bits per heavy atom. The number of aliphatic hydroxyl groups excluding tert-OH is 1. The van der Waals surface area contributed by atoms with Crippen molar-refractivity contribution in [2.75, 3.05) is 18.1 Å². The number of aliphatic hydroxyl groups is 1. The summed E-state index contributed by atoms with van der Waals surface area (Å²) in [6, 6.07) is 0.0702. The molecule has 1 aliphatic rings. The van der Waals surface area contributed by atoms with Crippen molar-refractivity contribution >= 4 is 28.6 Å². The largest absolute Gasteiger partial charge is 0.394 e. The molecule has 0 saturated carbocycles. The van der Waals surface area contributed by atoms with E-state index in [0.717, 1.165) is 19.4 Å². The van der Waals surface area contributed by atoms with E-state index in [1.807, 2.05) is 4.90 Å². The van der Waals surface area contributed by atoms with E-state index < -0.39 is 0 Å². The van der Waals surface area contributed by atoms with Gasteiger partial charge in [0.2, 0.25) is 10.9 Å². The lowest BCUT2D eigenvalue weighted by Crippen LogP contribution is -2.33. The predicted molar refractivity (Wildman–Crippen MR) is 61.9 cm³/mol. The number of hydrogen-bond donors (Lipinski definition) is 2. The molecule has 0 amide bonds. The maximum atomic E-state index is 9.33. The highest BCUT2D eigenvalue weighted by Crippen LogP contribution is 2.28. The third-order valence-electron chi connectivity index (χ3n) is 3.00. The molecule has 2 aromatic rings. The number of anilines is 1. The monoisotopic (exact) mass is 254 g/mol. The van der Waals surface area contributed by atoms with Crippen LogP contribution in [-0.4, -0.2) is 49.7 Å². The summed E-state index contributed by atoms with van der Waals surface area (Å²) in [6.07, 6.45) is 1.96. The van der Waals surface area contributed by atoms with Gasteiger partial charge in [0, 0.05) is 6.54 Å². The molecule has 2 N–H and O–H groups in total. The fourth-order valence-electron chi connectivity index (χ4n) is 2.21. The van der Waals surface area contributed by atoms with Gasteiger partial charge in [-0.3, -0.25) is 0 Å². The molecule has 3 rings (SSSR count). The molecule has 1 fully saturated rings. The molecular weight excluding hydrogens is 244 g/mol. The molecule has 90 valence electrons. The van der Waals surface area contributed by atoms with E-state index in [2.05, 4.69) is 25.4 Å². The Balaban J connectivity index is 2.12. The highest BCUT2D eigenvalue weighted by molar-refractivity contribution is 6.28. The topological polar surface area (TPSA) is 90.8 Å². The Morgan fingerprint density at radius 1 is 1.41 bits per heavy atom.